The number of nitrogens with zero attached hydrogens (tertiary/aromatic N) is 1. The van der Waals surface area contributed by atoms with Crippen LogP contribution in [0.1, 0.15) is 40.5 Å². The van der Waals surface area contributed by atoms with Gasteiger partial charge >= 0.3 is 0 Å². The normalized spacial score (nSPS) is 14.4. The van der Waals surface area contributed by atoms with Crippen LogP contribution in [-0.4, -0.2) is 31.1 Å². The maximum absolute atomic E-state index is 5.76. The van der Waals surface area contributed by atoms with E-state index in [-0.39, 0.29) is 0 Å². The van der Waals surface area contributed by atoms with E-state index in [4.69, 9.17) is 5.73 Å². The fraction of sp³-hybridized carbons (Fsp3) is 1.00. The van der Waals surface area contributed by atoms with Gasteiger partial charge in [-0.1, -0.05) is 27.7 Å². The smallest absolute Gasteiger partial charge is 0.0238 e. The quantitative estimate of drug-likeness (QED) is 0.683. The topological polar surface area (TPSA) is 29.3 Å². The minimum atomic E-state index is 0.544. The van der Waals surface area contributed by atoms with Gasteiger partial charge < -0.3 is 10.6 Å². The third-order valence-electron chi connectivity index (χ3n) is 2.87. The van der Waals surface area contributed by atoms with Crippen LogP contribution in [-0.2, 0) is 0 Å². The first-order chi connectivity index (χ1) is 6.49. The first-order valence-electron chi connectivity index (χ1n) is 5.89. The summed E-state index contributed by atoms with van der Waals surface area (Å²) < 4.78 is 0. The molecular formula is C12H28N2. The van der Waals surface area contributed by atoms with Gasteiger partial charge in [-0.05, 0) is 38.3 Å². The standard InChI is InChI=1S/C12H28N2/c1-10(2)7-6-8-14(5)12(9-13)11(3)4/h10-12H,6-9,13H2,1-5H3. The highest BCUT2D eigenvalue weighted by Gasteiger charge is 2.16. The Labute approximate surface area is 89.9 Å². The zero-order valence-corrected chi connectivity index (χ0v) is 10.6. The summed E-state index contributed by atoms with van der Waals surface area (Å²) in [6.07, 6.45) is 2.61. The maximum atomic E-state index is 5.76. The second kappa shape index (κ2) is 7.24. The second-order valence-electron chi connectivity index (χ2n) is 5.06. The van der Waals surface area contributed by atoms with Crippen molar-refractivity contribution in [3.63, 3.8) is 0 Å². The Hall–Kier alpha value is -0.0800. The number of nitrogens with two attached hydrogens (primary N) is 1. The van der Waals surface area contributed by atoms with Gasteiger partial charge in [-0.3, -0.25) is 0 Å². The van der Waals surface area contributed by atoms with Gasteiger partial charge in [-0.25, -0.2) is 0 Å². The van der Waals surface area contributed by atoms with Gasteiger partial charge in [0.2, 0.25) is 0 Å². The zero-order valence-electron chi connectivity index (χ0n) is 10.6. The summed E-state index contributed by atoms with van der Waals surface area (Å²) in [5.74, 6) is 1.47. The summed E-state index contributed by atoms with van der Waals surface area (Å²) >= 11 is 0. The fourth-order valence-corrected chi connectivity index (χ4v) is 1.88. The molecule has 2 nitrogen and oxygen atoms in total. The van der Waals surface area contributed by atoms with Crippen molar-refractivity contribution >= 4 is 0 Å². The van der Waals surface area contributed by atoms with E-state index in [1.54, 1.807) is 0 Å². The zero-order chi connectivity index (χ0) is 11.1. The summed E-state index contributed by atoms with van der Waals surface area (Å²) in [4.78, 5) is 2.41. The number of rotatable bonds is 7. The molecule has 0 saturated heterocycles. The van der Waals surface area contributed by atoms with Gasteiger partial charge in [-0.2, -0.15) is 0 Å². The molecule has 0 aromatic carbocycles. The third kappa shape index (κ3) is 5.61. The summed E-state index contributed by atoms with van der Waals surface area (Å²) in [7, 11) is 2.19. The molecule has 0 saturated carbocycles. The van der Waals surface area contributed by atoms with E-state index >= 15 is 0 Å². The van der Waals surface area contributed by atoms with Crippen LogP contribution in [0.15, 0.2) is 0 Å². The van der Waals surface area contributed by atoms with Gasteiger partial charge in [0.1, 0.15) is 0 Å². The van der Waals surface area contributed by atoms with Crippen molar-refractivity contribution in [1.29, 1.82) is 0 Å². The van der Waals surface area contributed by atoms with Crippen LogP contribution in [0.4, 0.5) is 0 Å². The molecule has 0 aliphatic carbocycles. The molecule has 2 heteroatoms. The van der Waals surface area contributed by atoms with E-state index in [2.05, 4.69) is 39.6 Å². The van der Waals surface area contributed by atoms with Crippen LogP contribution in [0.5, 0.6) is 0 Å². The summed E-state index contributed by atoms with van der Waals surface area (Å²) in [5, 5.41) is 0. The molecule has 0 rings (SSSR count). The summed E-state index contributed by atoms with van der Waals surface area (Å²) in [6.45, 7) is 11.0. The SMILES string of the molecule is CC(C)CCCN(C)C(CN)C(C)C. The molecule has 0 aliphatic heterocycles. The molecule has 0 amide bonds. The van der Waals surface area contributed by atoms with E-state index in [0.29, 0.717) is 12.0 Å². The summed E-state index contributed by atoms with van der Waals surface area (Å²) in [6, 6.07) is 0.544. The molecular weight excluding hydrogens is 172 g/mol. The third-order valence-corrected chi connectivity index (χ3v) is 2.87. The van der Waals surface area contributed by atoms with Gasteiger partial charge in [0, 0.05) is 12.6 Å². The van der Waals surface area contributed by atoms with Crippen LogP contribution < -0.4 is 5.73 Å². The van der Waals surface area contributed by atoms with E-state index < -0.39 is 0 Å². The fourth-order valence-electron chi connectivity index (χ4n) is 1.88. The van der Waals surface area contributed by atoms with Gasteiger partial charge in [0.25, 0.3) is 0 Å². The minimum Gasteiger partial charge on any atom is -0.329 e. The lowest BCUT2D eigenvalue weighted by Gasteiger charge is -2.30. The monoisotopic (exact) mass is 200 g/mol. The molecule has 0 spiro atoms. The van der Waals surface area contributed by atoms with Crippen molar-refractivity contribution in [1.82, 2.24) is 4.90 Å². The van der Waals surface area contributed by atoms with Crippen molar-refractivity contribution < 1.29 is 0 Å². The van der Waals surface area contributed by atoms with Crippen LogP contribution in [0.3, 0.4) is 0 Å². The molecule has 0 aromatic heterocycles. The lowest BCUT2D eigenvalue weighted by Crippen LogP contribution is -2.42. The maximum Gasteiger partial charge on any atom is 0.0238 e. The highest BCUT2D eigenvalue weighted by Crippen LogP contribution is 2.10. The molecule has 0 fully saturated rings. The predicted molar refractivity (Wildman–Crippen MR) is 64.4 cm³/mol. The van der Waals surface area contributed by atoms with Crippen LogP contribution in [0.2, 0.25) is 0 Å². The highest BCUT2D eigenvalue weighted by molar-refractivity contribution is 4.72. The molecule has 0 aliphatic rings. The van der Waals surface area contributed by atoms with Crippen molar-refractivity contribution in [2.24, 2.45) is 17.6 Å². The van der Waals surface area contributed by atoms with Crippen molar-refractivity contribution in [3.8, 4) is 0 Å². The second-order valence-corrected chi connectivity index (χ2v) is 5.06. The van der Waals surface area contributed by atoms with E-state index in [9.17, 15) is 0 Å². The van der Waals surface area contributed by atoms with E-state index in [1.165, 1.54) is 19.4 Å². The first kappa shape index (κ1) is 13.9. The van der Waals surface area contributed by atoms with Gasteiger partial charge in [-0.15, -0.1) is 0 Å². The van der Waals surface area contributed by atoms with Crippen molar-refractivity contribution in [3.05, 3.63) is 0 Å². The number of hydrogen-bond acceptors (Lipinski definition) is 2. The Morgan fingerprint density at radius 1 is 1.14 bits per heavy atom. The van der Waals surface area contributed by atoms with E-state index in [0.717, 1.165) is 12.5 Å². The van der Waals surface area contributed by atoms with Crippen molar-refractivity contribution in [2.75, 3.05) is 20.1 Å². The Morgan fingerprint density at radius 3 is 2.07 bits per heavy atom. The van der Waals surface area contributed by atoms with Gasteiger partial charge in [0.05, 0.1) is 0 Å². The molecule has 1 atom stereocenters. The molecule has 0 heterocycles. The highest BCUT2D eigenvalue weighted by atomic mass is 15.1. The number of likely N-dealkylation sites (N-methyl/N-ethyl adjacent to an activating group) is 1. The van der Waals surface area contributed by atoms with Crippen molar-refractivity contribution in [2.45, 2.75) is 46.6 Å². The van der Waals surface area contributed by atoms with Crippen LogP contribution in [0, 0.1) is 11.8 Å². The van der Waals surface area contributed by atoms with E-state index in [1.807, 2.05) is 0 Å². The Morgan fingerprint density at radius 2 is 1.71 bits per heavy atom. The lowest BCUT2D eigenvalue weighted by molar-refractivity contribution is 0.192. The Bertz CT molecular complexity index is 132. The molecule has 0 aromatic rings. The Kier molecular flexibility index (Phi) is 7.20. The average molecular weight is 200 g/mol. The first-order valence-corrected chi connectivity index (χ1v) is 5.89. The minimum absolute atomic E-state index is 0.544. The largest absolute Gasteiger partial charge is 0.329 e. The predicted octanol–water partition coefficient (Wildman–Crippen LogP) is 2.34. The van der Waals surface area contributed by atoms with Crippen LogP contribution >= 0.6 is 0 Å². The number of hydrogen-bond donors (Lipinski definition) is 1. The molecule has 86 valence electrons. The molecule has 0 bridgehead atoms. The summed E-state index contributed by atoms with van der Waals surface area (Å²) in [5.41, 5.74) is 5.76. The average Bonchev–Trinajstić information content (AvgIpc) is 2.03. The van der Waals surface area contributed by atoms with Gasteiger partial charge in [0.15, 0.2) is 0 Å². The van der Waals surface area contributed by atoms with Crippen LogP contribution in [0.25, 0.3) is 0 Å². The molecule has 14 heavy (non-hydrogen) atoms. The lowest BCUT2D eigenvalue weighted by atomic mass is 10.0. The molecule has 2 N–H and O–H groups in total. The Balaban J connectivity index is 3.75. The molecule has 1 unspecified atom stereocenters. The molecule has 0 radical (unpaired) electrons.